The Morgan fingerprint density at radius 3 is 2.46 bits per heavy atom. The summed E-state index contributed by atoms with van der Waals surface area (Å²) in [6, 6.07) is 6.13. The van der Waals surface area contributed by atoms with E-state index in [2.05, 4.69) is 10.6 Å². The first-order valence-electron chi connectivity index (χ1n) is 8.68. The molecule has 0 spiro atoms. The van der Waals surface area contributed by atoms with Gasteiger partial charge in [-0.1, -0.05) is 0 Å². The summed E-state index contributed by atoms with van der Waals surface area (Å²) in [5, 5.41) is 5.50. The number of carbonyl (C=O) groups excluding carboxylic acids is 2. The molecule has 1 atom stereocenters. The van der Waals surface area contributed by atoms with Crippen LogP contribution in [0, 0.1) is 5.92 Å². The second-order valence-corrected chi connectivity index (χ2v) is 6.40. The van der Waals surface area contributed by atoms with E-state index < -0.39 is 5.91 Å². The van der Waals surface area contributed by atoms with Crippen molar-refractivity contribution in [3.05, 3.63) is 41.9 Å². The summed E-state index contributed by atoms with van der Waals surface area (Å²) in [6.45, 7) is 0.364. The standard InChI is InChI=1S/C19H23N3O5.ClH/c1-25-16-8-12(18(23)21-10-13(20)11-5-6-11)14(9-17(16)26-2)22-19(24)15-4-3-7-27-15;/h3-4,7-9,11,13H,5-6,10,20H2,1-2H3,(H,21,23)(H,22,24);1H. The number of rotatable bonds is 8. The molecular formula is C19H24ClN3O5. The molecule has 2 amide bonds. The summed E-state index contributed by atoms with van der Waals surface area (Å²) in [5.41, 5.74) is 6.58. The van der Waals surface area contributed by atoms with Crippen LogP contribution >= 0.6 is 12.4 Å². The molecule has 8 nitrogen and oxygen atoms in total. The fraction of sp³-hybridized carbons (Fsp3) is 0.368. The molecule has 1 aliphatic carbocycles. The molecule has 1 fully saturated rings. The van der Waals surface area contributed by atoms with Crippen molar-refractivity contribution in [2.45, 2.75) is 18.9 Å². The fourth-order valence-corrected chi connectivity index (χ4v) is 2.76. The molecule has 1 unspecified atom stereocenters. The first-order valence-corrected chi connectivity index (χ1v) is 8.68. The van der Waals surface area contributed by atoms with Crippen LogP contribution in [0.1, 0.15) is 33.8 Å². The number of benzene rings is 1. The zero-order valence-corrected chi connectivity index (χ0v) is 16.5. The molecule has 4 N–H and O–H groups in total. The molecule has 3 rings (SSSR count). The first kappa shape index (κ1) is 21.6. The lowest BCUT2D eigenvalue weighted by Crippen LogP contribution is -2.38. The van der Waals surface area contributed by atoms with Gasteiger partial charge in [-0.2, -0.15) is 0 Å². The summed E-state index contributed by atoms with van der Waals surface area (Å²) < 4.78 is 15.6. The van der Waals surface area contributed by atoms with Gasteiger partial charge in [-0.3, -0.25) is 9.59 Å². The van der Waals surface area contributed by atoms with Gasteiger partial charge < -0.3 is 30.3 Å². The van der Waals surface area contributed by atoms with Crippen LogP contribution in [0.5, 0.6) is 11.5 Å². The van der Waals surface area contributed by atoms with E-state index in [4.69, 9.17) is 19.6 Å². The summed E-state index contributed by atoms with van der Waals surface area (Å²) >= 11 is 0. The molecule has 0 aliphatic heterocycles. The molecule has 0 radical (unpaired) electrons. The maximum Gasteiger partial charge on any atom is 0.291 e. The minimum Gasteiger partial charge on any atom is -0.493 e. The van der Waals surface area contributed by atoms with E-state index in [1.165, 1.54) is 38.7 Å². The zero-order chi connectivity index (χ0) is 19.4. The Kier molecular flexibility index (Phi) is 7.31. The third-order valence-electron chi connectivity index (χ3n) is 4.49. The van der Waals surface area contributed by atoms with Crippen LogP contribution in [0.4, 0.5) is 5.69 Å². The predicted molar refractivity (Wildman–Crippen MR) is 106 cm³/mol. The predicted octanol–water partition coefficient (Wildman–Crippen LogP) is 2.44. The fourth-order valence-electron chi connectivity index (χ4n) is 2.76. The Morgan fingerprint density at radius 2 is 1.89 bits per heavy atom. The average Bonchev–Trinajstić information content (AvgIpc) is 3.39. The number of anilines is 1. The number of amides is 2. The number of nitrogens with two attached hydrogens (primary N) is 1. The quantitative estimate of drug-likeness (QED) is 0.616. The van der Waals surface area contributed by atoms with Crippen LogP contribution in [0.15, 0.2) is 34.9 Å². The number of ether oxygens (including phenoxy) is 2. The zero-order valence-electron chi connectivity index (χ0n) is 15.7. The summed E-state index contributed by atoms with van der Waals surface area (Å²) in [6.07, 6.45) is 3.59. The Labute approximate surface area is 169 Å². The number of carbonyl (C=O) groups is 2. The summed E-state index contributed by atoms with van der Waals surface area (Å²) in [7, 11) is 2.95. The number of methoxy groups -OCH3 is 2. The summed E-state index contributed by atoms with van der Waals surface area (Å²) in [4.78, 5) is 25.1. The van der Waals surface area contributed by atoms with E-state index >= 15 is 0 Å². The van der Waals surface area contributed by atoms with E-state index in [9.17, 15) is 9.59 Å². The molecule has 1 heterocycles. The highest BCUT2D eigenvalue weighted by atomic mass is 35.5. The number of furan rings is 1. The van der Waals surface area contributed by atoms with E-state index in [-0.39, 0.29) is 41.4 Å². The molecule has 1 aromatic heterocycles. The lowest BCUT2D eigenvalue weighted by atomic mass is 10.1. The lowest BCUT2D eigenvalue weighted by molar-refractivity contribution is 0.0950. The smallest absolute Gasteiger partial charge is 0.291 e. The minimum atomic E-state index is -0.476. The largest absolute Gasteiger partial charge is 0.493 e. The highest BCUT2D eigenvalue weighted by Crippen LogP contribution is 2.34. The molecule has 0 bridgehead atoms. The normalized spacial score (nSPS) is 13.8. The van der Waals surface area contributed by atoms with E-state index in [0.29, 0.717) is 24.0 Å². The summed E-state index contributed by atoms with van der Waals surface area (Å²) in [5.74, 6) is 0.530. The van der Waals surface area contributed by atoms with Gasteiger partial charge in [-0.15, -0.1) is 12.4 Å². The van der Waals surface area contributed by atoms with Gasteiger partial charge in [0.1, 0.15) is 0 Å². The van der Waals surface area contributed by atoms with Crippen molar-refractivity contribution in [1.82, 2.24) is 5.32 Å². The molecule has 1 aromatic carbocycles. The Hall–Kier alpha value is -2.71. The molecular weight excluding hydrogens is 386 g/mol. The van der Waals surface area contributed by atoms with Crippen LogP contribution in [0.2, 0.25) is 0 Å². The van der Waals surface area contributed by atoms with Gasteiger partial charge in [-0.25, -0.2) is 0 Å². The van der Waals surface area contributed by atoms with Gasteiger partial charge in [0.25, 0.3) is 11.8 Å². The Bertz CT molecular complexity index is 821. The highest BCUT2D eigenvalue weighted by molar-refractivity contribution is 6.08. The van der Waals surface area contributed by atoms with Gasteiger partial charge in [-0.05, 0) is 37.0 Å². The van der Waals surface area contributed by atoms with Gasteiger partial charge in [0.15, 0.2) is 17.3 Å². The van der Waals surface area contributed by atoms with Crippen molar-refractivity contribution in [3.8, 4) is 11.5 Å². The molecule has 1 aliphatic rings. The van der Waals surface area contributed by atoms with Crippen molar-refractivity contribution in [1.29, 1.82) is 0 Å². The molecule has 28 heavy (non-hydrogen) atoms. The highest BCUT2D eigenvalue weighted by Gasteiger charge is 2.29. The third kappa shape index (κ3) is 4.96. The Balaban J connectivity index is 0.00000280. The maximum absolute atomic E-state index is 12.7. The van der Waals surface area contributed by atoms with Crippen molar-refractivity contribution < 1.29 is 23.5 Å². The van der Waals surface area contributed by atoms with Crippen LogP contribution in [-0.2, 0) is 0 Å². The van der Waals surface area contributed by atoms with E-state index in [0.717, 1.165) is 12.8 Å². The first-order chi connectivity index (χ1) is 13.0. The number of hydrogen-bond acceptors (Lipinski definition) is 6. The minimum absolute atomic E-state index is 0. The second kappa shape index (κ2) is 9.48. The molecule has 1 saturated carbocycles. The number of halogens is 1. The average molecular weight is 410 g/mol. The molecule has 2 aromatic rings. The van der Waals surface area contributed by atoms with Gasteiger partial charge in [0.05, 0.1) is 31.7 Å². The van der Waals surface area contributed by atoms with Gasteiger partial charge in [0, 0.05) is 18.7 Å². The molecule has 0 saturated heterocycles. The maximum atomic E-state index is 12.7. The van der Waals surface area contributed by atoms with Gasteiger partial charge in [0.2, 0.25) is 0 Å². The Morgan fingerprint density at radius 1 is 1.21 bits per heavy atom. The number of nitrogens with one attached hydrogen (secondary N) is 2. The van der Waals surface area contributed by atoms with Crippen LogP contribution < -0.4 is 25.8 Å². The third-order valence-corrected chi connectivity index (χ3v) is 4.49. The van der Waals surface area contributed by atoms with Crippen LogP contribution in [0.3, 0.4) is 0 Å². The van der Waals surface area contributed by atoms with E-state index in [1.807, 2.05) is 0 Å². The molecule has 9 heteroatoms. The SMILES string of the molecule is COc1cc(NC(=O)c2ccco2)c(C(=O)NCC(N)C2CC2)cc1OC.Cl. The van der Waals surface area contributed by atoms with Gasteiger partial charge >= 0.3 is 0 Å². The van der Waals surface area contributed by atoms with Crippen molar-refractivity contribution in [2.24, 2.45) is 11.7 Å². The van der Waals surface area contributed by atoms with Crippen molar-refractivity contribution in [3.63, 3.8) is 0 Å². The molecule has 152 valence electrons. The lowest BCUT2D eigenvalue weighted by Gasteiger charge is -2.16. The van der Waals surface area contributed by atoms with Crippen LogP contribution in [-0.4, -0.2) is 38.6 Å². The topological polar surface area (TPSA) is 116 Å². The van der Waals surface area contributed by atoms with E-state index in [1.54, 1.807) is 6.07 Å². The van der Waals surface area contributed by atoms with Crippen molar-refractivity contribution >= 4 is 29.9 Å². The van der Waals surface area contributed by atoms with Crippen molar-refractivity contribution in [2.75, 3.05) is 26.1 Å². The number of hydrogen-bond donors (Lipinski definition) is 3. The van der Waals surface area contributed by atoms with Crippen LogP contribution in [0.25, 0.3) is 0 Å². The monoisotopic (exact) mass is 409 g/mol. The second-order valence-electron chi connectivity index (χ2n) is 6.40.